The zero-order valence-corrected chi connectivity index (χ0v) is 14.2. The van der Waals surface area contributed by atoms with Crippen molar-refractivity contribution >= 4 is 33.2 Å². The number of fused-ring (bicyclic) bond motifs is 1. The number of carbonyl (C=O) groups excluding carboxylic acids is 1. The van der Waals surface area contributed by atoms with E-state index in [9.17, 15) is 4.79 Å². The van der Waals surface area contributed by atoms with E-state index in [1.807, 2.05) is 71.8 Å². The number of aromatic nitrogens is 3. The van der Waals surface area contributed by atoms with Gasteiger partial charge in [0.05, 0.1) is 16.6 Å². The summed E-state index contributed by atoms with van der Waals surface area (Å²) in [4.78, 5) is 12.2. The van der Waals surface area contributed by atoms with Crippen molar-refractivity contribution in [2.45, 2.75) is 12.8 Å². The number of rotatable bonds is 5. The van der Waals surface area contributed by atoms with E-state index in [-0.39, 0.29) is 5.91 Å². The average molecular weight is 348 g/mol. The third kappa shape index (κ3) is 3.59. The van der Waals surface area contributed by atoms with Crippen LogP contribution in [0.1, 0.15) is 12.0 Å². The topological polar surface area (TPSA) is 59.8 Å². The summed E-state index contributed by atoms with van der Waals surface area (Å²) in [6.07, 6.45) is 6.66. The van der Waals surface area contributed by atoms with Gasteiger partial charge < -0.3 is 5.32 Å². The Bertz CT molecular complexity index is 1010. The molecule has 0 saturated heterocycles. The highest BCUT2D eigenvalue weighted by Gasteiger charge is 2.07. The lowest BCUT2D eigenvalue weighted by Gasteiger charge is -2.04. The molecule has 1 amide bonds. The van der Waals surface area contributed by atoms with Crippen LogP contribution in [0.3, 0.4) is 0 Å². The summed E-state index contributed by atoms with van der Waals surface area (Å²) < 4.78 is 7.09. The lowest BCUT2D eigenvalue weighted by atomic mass is 10.2. The lowest BCUT2D eigenvalue weighted by molar-refractivity contribution is -0.116. The Balaban J connectivity index is 1.36. The Kier molecular flexibility index (Phi) is 4.26. The first kappa shape index (κ1) is 15.5. The fraction of sp³-hybridized carbons (Fsp3) is 0.105. The summed E-state index contributed by atoms with van der Waals surface area (Å²) >= 11 is 1.45. The van der Waals surface area contributed by atoms with Gasteiger partial charge in [0.25, 0.3) is 0 Å². The maximum atomic E-state index is 12.2. The van der Waals surface area contributed by atoms with Crippen molar-refractivity contribution in [3.05, 3.63) is 72.7 Å². The fourth-order valence-corrected chi connectivity index (χ4v) is 3.27. The second kappa shape index (κ2) is 6.86. The summed E-state index contributed by atoms with van der Waals surface area (Å²) in [5, 5.41) is 8.35. The van der Waals surface area contributed by atoms with Gasteiger partial charge in [-0.25, -0.2) is 4.68 Å². The van der Waals surface area contributed by atoms with Crippen molar-refractivity contribution in [3.8, 4) is 5.69 Å². The van der Waals surface area contributed by atoms with Gasteiger partial charge in [0.2, 0.25) is 5.91 Å². The van der Waals surface area contributed by atoms with Crippen LogP contribution in [-0.2, 0) is 11.2 Å². The summed E-state index contributed by atoms with van der Waals surface area (Å²) in [6, 6.07) is 15.8. The Morgan fingerprint density at radius 1 is 1.12 bits per heavy atom. The summed E-state index contributed by atoms with van der Waals surface area (Å²) in [5.41, 5.74) is 2.85. The maximum Gasteiger partial charge on any atom is 0.224 e. The molecule has 0 aliphatic rings. The van der Waals surface area contributed by atoms with Crippen LogP contribution in [-0.4, -0.2) is 20.1 Å². The SMILES string of the molecule is O=C(CCc1cnn(-c2ccccc2)c1)Nc1ccc2sncc2c1. The Labute approximate surface area is 149 Å². The number of carbonyl (C=O) groups is 1. The molecule has 4 aromatic rings. The van der Waals surface area contributed by atoms with E-state index in [2.05, 4.69) is 14.8 Å². The second-order valence-corrected chi connectivity index (χ2v) is 6.59. The lowest BCUT2D eigenvalue weighted by Crippen LogP contribution is -2.12. The van der Waals surface area contributed by atoms with Crippen LogP contribution >= 0.6 is 11.5 Å². The molecule has 6 heteroatoms. The molecule has 2 aromatic heterocycles. The monoisotopic (exact) mass is 348 g/mol. The van der Waals surface area contributed by atoms with Gasteiger partial charge in [-0.2, -0.15) is 9.47 Å². The van der Waals surface area contributed by atoms with Crippen molar-refractivity contribution in [3.63, 3.8) is 0 Å². The van der Waals surface area contributed by atoms with Crippen LogP contribution in [0.2, 0.25) is 0 Å². The predicted molar refractivity (Wildman–Crippen MR) is 100 cm³/mol. The van der Waals surface area contributed by atoms with E-state index in [0.717, 1.165) is 27.0 Å². The van der Waals surface area contributed by atoms with Gasteiger partial charge >= 0.3 is 0 Å². The normalized spacial score (nSPS) is 10.9. The number of hydrogen-bond acceptors (Lipinski definition) is 4. The molecule has 0 spiro atoms. The van der Waals surface area contributed by atoms with Gasteiger partial charge in [-0.15, -0.1) is 0 Å². The van der Waals surface area contributed by atoms with Crippen molar-refractivity contribution < 1.29 is 4.79 Å². The van der Waals surface area contributed by atoms with E-state index in [0.29, 0.717) is 12.8 Å². The number of benzene rings is 2. The molecule has 0 atom stereocenters. The number of aryl methyl sites for hydroxylation is 1. The van der Waals surface area contributed by atoms with Crippen LogP contribution in [0.4, 0.5) is 5.69 Å². The van der Waals surface area contributed by atoms with Crippen LogP contribution in [0.5, 0.6) is 0 Å². The van der Waals surface area contributed by atoms with Crippen molar-refractivity contribution in [1.82, 2.24) is 14.2 Å². The molecule has 25 heavy (non-hydrogen) atoms. The number of amides is 1. The van der Waals surface area contributed by atoms with Crippen LogP contribution in [0, 0.1) is 0 Å². The highest BCUT2D eigenvalue weighted by atomic mass is 32.1. The van der Waals surface area contributed by atoms with Crippen molar-refractivity contribution in [2.75, 3.05) is 5.32 Å². The van der Waals surface area contributed by atoms with E-state index in [1.165, 1.54) is 11.5 Å². The molecule has 2 aromatic carbocycles. The van der Waals surface area contributed by atoms with Crippen LogP contribution in [0.15, 0.2) is 67.1 Å². The zero-order valence-electron chi connectivity index (χ0n) is 13.4. The molecule has 1 N–H and O–H groups in total. The smallest absolute Gasteiger partial charge is 0.224 e. The van der Waals surface area contributed by atoms with Gasteiger partial charge in [-0.1, -0.05) is 18.2 Å². The van der Waals surface area contributed by atoms with Gasteiger partial charge in [0, 0.05) is 29.9 Å². The quantitative estimate of drug-likeness (QED) is 0.592. The van der Waals surface area contributed by atoms with E-state index in [1.54, 1.807) is 0 Å². The number of hydrogen-bond donors (Lipinski definition) is 1. The van der Waals surface area contributed by atoms with Gasteiger partial charge in [-0.05, 0) is 53.8 Å². The highest BCUT2D eigenvalue weighted by Crippen LogP contribution is 2.22. The molecular weight excluding hydrogens is 332 g/mol. The van der Waals surface area contributed by atoms with E-state index >= 15 is 0 Å². The number of nitrogens with zero attached hydrogens (tertiary/aromatic N) is 3. The summed E-state index contributed by atoms with van der Waals surface area (Å²) in [6.45, 7) is 0. The Morgan fingerprint density at radius 2 is 2.00 bits per heavy atom. The minimum Gasteiger partial charge on any atom is -0.326 e. The summed E-state index contributed by atoms with van der Waals surface area (Å²) in [7, 11) is 0. The van der Waals surface area contributed by atoms with E-state index in [4.69, 9.17) is 0 Å². The molecule has 0 radical (unpaired) electrons. The largest absolute Gasteiger partial charge is 0.326 e. The standard InChI is InChI=1S/C19H16N4OS/c24-19(22-16-7-8-18-15(10-16)12-21-25-18)9-6-14-11-20-23(13-14)17-4-2-1-3-5-17/h1-5,7-8,10-13H,6,9H2,(H,22,24). The molecule has 0 bridgehead atoms. The molecular formula is C19H16N4OS. The molecule has 4 rings (SSSR count). The Morgan fingerprint density at radius 3 is 2.88 bits per heavy atom. The molecule has 0 fully saturated rings. The summed E-state index contributed by atoms with van der Waals surface area (Å²) in [5.74, 6) is -0.00463. The van der Waals surface area contributed by atoms with Crippen molar-refractivity contribution in [1.29, 1.82) is 0 Å². The zero-order chi connectivity index (χ0) is 17.1. The molecule has 0 saturated carbocycles. The Hall–Kier alpha value is -2.99. The molecule has 2 heterocycles. The van der Waals surface area contributed by atoms with Crippen LogP contribution in [0.25, 0.3) is 15.8 Å². The molecule has 0 aliphatic heterocycles. The molecule has 124 valence electrons. The second-order valence-electron chi connectivity index (χ2n) is 5.76. The first-order chi connectivity index (χ1) is 12.3. The van der Waals surface area contributed by atoms with Gasteiger partial charge in [0.1, 0.15) is 0 Å². The molecule has 0 aliphatic carbocycles. The first-order valence-electron chi connectivity index (χ1n) is 8.01. The van der Waals surface area contributed by atoms with E-state index < -0.39 is 0 Å². The van der Waals surface area contributed by atoms with Gasteiger partial charge in [-0.3, -0.25) is 4.79 Å². The van der Waals surface area contributed by atoms with Crippen molar-refractivity contribution in [2.24, 2.45) is 0 Å². The minimum atomic E-state index is -0.00463. The fourth-order valence-electron chi connectivity index (χ4n) is 2.64. The maximum absolute atomic E-state index is 12.2. The number of anilines is 1. The number of para-hydroxylation sites is 1. The predicted octanol–water partition coefficient (Wildman–Crippen LogP) is 4.05. The van der Waals surface area contributed by atoms with Gasteiger partial charge in [0.15, 0.2) is 0 Å². The molecule has 0 unspecified atom stereocenters. The average Bonchev–Trinajstić information content (AvgIpc) is 3.30. The third-order valence-electron chi connectivity index (χ3n) is 3.93. The number of nitrogens with one attached hydrogen (secondary N) is 1. The first-order valence-corrected chi connectivity index (χ1v) is 8.78. The minimum absolute atomic E-state index is 0.00463. The molecule has 5 nitrogen and oxygen atoms in total. The highest BCUT2D eigenvalue weighted by molar-refractivity contribution is 7.13. The third-order valence-corrected chi connectivity index (χ3v) is 4.71. The van der Waals surface area contributed by atoms with Crippen LogP contribution < -0.4 is 5.32 Å².